The minimum atomic E-state index is -1.10. The molecule has 4 aromatic carbocycles. The summed E-state index contributed by atoms with van der Waals surface area (Å²) >= 11 is 0. The van der Waals surface area contributed by atoms with Crippen LogP contribution in [-0.4, -0.2) is 37.3 Å². The van der Waals surface area contributed by atoms with Crippen molar-refractivity contribution in [1.82, 2.24) is 5.32 Å². The van der Waals surface area contributed by atoms with E-state index in [1.165, 1.54) is 11.6 Å². The fourth-order valence-electron chi connectivity index (χ4n) is 5.30. The lowest BCUT2D eigenvalue weighted by molar-refractivity contribution is -0.147. The molecule has 0 fully saturated rings. The van der Waals surface area contributed by atoms with Crippen molar-refractivity contribution < 1.29 is 33.3 Å². The number of amides is 1. The first-order chi connectivity index (χ1) is 22.4. The van der Waals surface area contributed by atoms with E-state index in [-0.39, 0.29) is 38.6 Å². The third kappa shape index (κ3) is 8.41. The summed E-state index contributed by atoms with van der Waals surface area (Å²) in [7, 11) is 0. The Morgan fingerprint density at radius 1 is 0.783 bits per heavy atom. The van der Waals surface area contributed by atoms with Gasteiger partial charge in [-0.05, 0) is 58.9 Å². The molecule has 0 saturated carbocycles. The van der Waals surface area contributed by atoms with Gasteiger partial charge in [0.15, 0.2) is 0 Å². The average molecular weight is 620 g/mol. The minimum Gasteiger partial charge on any atom is -0.489 e. The van der Waals surface area contributed by atoms with Gasteiger partial charge in [-0.3, -0.25) is 4.79 Å². The van der Waals surface area contributed by atoms with Gasteiger partial charge in [0.05, 0.1) is 0 Å². The monoisotopic (exact) mass is 619 g/mol. The first-order valence-corrected chi connectivity index (χ1v) is 15.2. The van der Waals surface area contributed by atoms with E-state index in [9.17, 15) is 14.4 Å². The summed E-state index contributed by atoms with van der Waals surface area (Å²) in [5, 5.41) is 2.57. The van der Waals surface area contributed by atoms with Gasteiger partial charge < -0.3 is 24.3 Å². The molecule has 0 bridgehead atoms. The van der Waals surface area contributed by atoms with Crippen LogP contribution in [-0.2, 0) is 37.0 Å². The molecule has 0 spiro atoms. The summed E-state index contributed by atoms with van der Waals surface area (Å²) < 4.78 is 22.0. The van der Waals surface area contributed by atoms with E-state index in [4.69, 9.17) is 18.9 Å². The van der Waals surface area contributed by atoms with Gasteiger partial charge in [0.2, 0.25) is 0 Å². The number of hydrogen-bond donors (Lipinski definition) is 1. The normalized spacial score (nSPS) is 12.3. The number of ether oxygens (including phenoxy) is 4. The van der Waals surface area contributed by atoms with Crippen LogP contribution in [0.15, 0.2) is 110 Å². The van der Waals surface area contributed by atoms with Crippen LogP contribution in [0.25, 0.3) is 11.1 Å². The fourth-order valence-corrected chi connectivity index (χ4v) is 5.30. The molecule has 4 aromatic rings. The number of carbonyl (C=O) groups excluding carboxylic acids is 3. The van der Waals surface area contributed by atoms with Crippen LogP contribution in [0.5, 0.6) is 5.75 Å². The molecule has 1 N–H and O–H groups in total. The number of nitrogens with one attached hydrogen (secondary N) is 1. The third-order valence-corrected chi connectivity index (χ3v) is 7.75. The molecular weight excluding hydrogens is 582 g/mol. The van der Waals surface area contributed by atoms with E-state index in [1.807, 2.05) is 91.9 Å². The molecular formula is C38H37NO7. The molecule has 0 radical (unpaired) electrons. The Balaban J connectivity index is 1.10. The second-order valence-corrected chi connectivity index (χ2v) is 11.1. The molecule has 1 atom stereocenters. The van der Waals surface area contributed by atoms with Gasteiger partial charge in [-0.2, -0.15) is 0 Å². The van der Waals surface area contributed by atoms with Crippen molar-refractivity contribution in [2.45, 2.75) is 44.9 Å². The predicted molar refractivity (Wildman–Crippen MR) is 174 cm³/mol. The highest BCUT2D eigenvalue weighted by atomic mass is 16.6. The smallest absolute Gasteiger partial charge is 0.407 e. The van der Waals surface area contributed by atoms with Crippen molar-refractivity contribution in [1.29, 1.82) is 0 Å². The number of rotatable bonds is 14. The zero-order valence-electron chi connectivity index (χ0n) is 25.8. The first-order valence-electron chi connectivity index (χ1n) is 15.2. The molecule has 0 unspecified atom stereocenters. The van der Waals surface area contributed by atoms with Gasteiger partial charge in [0.1, 0.15) is 38.2 Å². The van der Waals surface area contributed by atoms with Crippen LogP contribution >= 0.6 is 0 Å². The summed E-state index contributed by atoms with van der Waals surface area (Å²) in [6.45, 7) is 6.16. The Hall–Kier alpha value is -5.37. The zero-order valence-corrected chi connectivity index (χ0v) is 25.8. The summed E-state index contributed by atoms with van der Waals surface area (Å²) in [5.74, 6) is -0.637. The second kappa shape index (κ2) is 15.6. The van der Waals surface area contributed by atoms with Gasteiger partial charge in [-0.15, -0.1) is 0 Å². The predicted octanol–water partition coefficient (Wildman–Crippen LogP) is 7.03. The van der Waals surface area contributed by atoms with Crippen molar-refractivity contribution >= 4 is 18.0 Å². The molecule has 0 aliphatic heterocycles. The van der Waals surface area contributed by atoms with E-state index in [2.05, 4.69) is 24.0 Å². The van der Waals surface area contributed by atoms with Crippen LogP contribution in [0, 0.1) is 6.92 Å². The molecule has 8 heteroatoms. The summed E-state index contributed by atoms with van der Waals surface area (Å²) in [5.41, 5.74) is 7.42. The van der Waals surface area contributed by atoms with Crippen molar-refractivity contribution in [3.63, 3.8) is 0 Å². The van der Waals surface area contributed by atoms with E-state index >= 15 is 0 Å². The van der Waals surface area contributed by atoms with E-state index < -0.39 is 24.1 Å². The summed E-state index contributed by atoms with van der Waals surface area (Å²) in [6.07, 6.45) is 0.510. The Morgan fingerprint density at radius 3 is 2.04 bits per heavy atom. The van der Waals surface area contributed by atoms with Gasteiger partial charge in [0, 0.05) is 12.3 Å². The Kier molecular flexibility index (Phi) is 10.8. The number of esters is 2. The van der Waals surface area contributed by atoms with Gasteiger partial charge in [-0.25, -0.2) is 9.59 Å². The molecule has 0 saturated heterocycles. The fraction of sp³-hybridized carbons (Fsp3) is 0.237. The summed E-state index contributed by atoms with van der Waals surface area (Å²) in [4.78, 5) is 38.1. The van der Waals surface area contributed by atoms with Gasteiger partial charge in [0.25, 0.3) is 0 Å². The first kappa shape index (κ1) is 32.0. The lowest BCUT2D eigenvalue weighted by atomic mass is 9.98. The van der Waals surface area contributed by atoms with Crippen LogP contribution in [0.3, 0.4) is 0 Å². The van der Waals surface area contributed by atoms with Crippen LogP contribution in [0.4, 0.5) is 4.79 Å². The number of alkyl carbamates (subject to hydrolysis) is 1. The number of aryl methyl sites for hydroxylation is 1. The molecule has 46 heavy (non-hydrogen) atoms. The van der Waals surface area contributed by atoms with Crippen LogP contribution in [0.1, 0.15) is 46.6 Å². The Morgan fingerprint density at radius 2 is 1.39 bits per heavy atom. The highest BCUT2D eigenvalue weighted by Gasteiger charge is 2.30. The standard InChI is InChI=1S/C38H37NO7/c1-3-22-43-37(41)35(39-38(42)46-25-34-32-10-6-4-8-30(32)31-9-5-7-11-33(31)34)20-21-36(40)45-24-28-16-18-29(19-17-28)44-23-27-14-12-26(2)13-15-27/h3-19,34-35H,1,20-25H2,2H3,(H,39,42)/t35-/m1/s1. The second-order valence-electron chi connectivity index (χ2n) is 11.1. The van der Waals surface area contributed by atoms with Crippen molar-refractivity contribution in [2.75, 3.05) is 13.2 Å². The average Bonchev–Trinajstić information content (AvgIpc) is 3.40. The van der Waals surface area contributed by atoms with Crippen LogP contribution < -0.4 is 10.1 Å². The topological polar surface area (TPSA) is 100 Å². The molecule has 0 heterocycles. The van der Waals surface area contributed by atoms with E-state index in [0.29, 0.717) is 12.4 Å². The van der Waals surface area contributed by atoms with Crippen molar-refractivity contribution in [2.24, 2.45) is 0 Å². The molecule has 5 rings (SSSR count). The summed E-state index contributed by atoms with van der Waals surface area (Å²) in [6, 6.07) is 30.4. The highest BCUT2D eigenvalue weighted by Crippen LogP contribution is 2.44. The van der Waals surface area contributed by atoms with Crippen LogP contribution in [0.2, 0.25) is 0 Å². The number of benzene rings is 4. The maximum Gasteiger partial charge on any atom is 0.407 e. The van der Waals surface area contributed by atoms with Crippen molar-refractivity contribution in [3.8, 4) is 16.9 Å². The van der Waals surface area contributed by atoms with Crippen molar-refractivity contribution in [3.05, 3.63) is 138 Å². The molecule has 8 nitrogen and oxygen atoms in total. The molecule has 1 amide bonds. The maximum atomic E-state index is 12.8. The van der Waals surface area contributed by atoms with E-state index in [0.717, 1.165) is 33.4 Å². The Labute approximate surface area is 269 Å². The molecule has 1 aliphatic rings. The lowest BCUT2D eigenvalue weighted by Crippen LogP contribution is -2.42. The third-order valence-electron chi connectivity index (χ3n) is 7.75. The molecule has 236 valence electrons. The lowest BCUT2D eigenvalue weighted by Gasteiger charge is -2.19. The molecule has 0 aromatic heterocycles. The van der Waals surface area contributed by atoms with E-state index in [1.54, 1.807) is 0 Å². The largest absolute Gasteiger partial charge is 0.489 e. The Bertz CT molecular complexity index is 1620. The van der Waals surface area contributed by atoms with Gasteiger partial charge >= 0.3 is 18.0 Å². The SMILES string of the molecule is C=CCOC(=O)[C@@H](CCC(=O)OCc1ccc(OCc2ccc(C)cc2)cc1)NC(=O)OCC1c2ccccc2-c2ccccc21. The quantitative estimate of drug-likeness (QED) is 0.0919. The number of hydrogen-bond acceptors (Lipinski definition) is 7. The minimum absolute atomic E-state index is 0.0230. The number of fused-ring (bicyclic) bond motifs is 3. The highest BCUT2D eigenvalue weighted by molar-refractivity contribution is 5.83. The molecule has 1 aliphatic carbocycles. The number of carbonyl (C=O) groups is 3. The maximum absolute atomic E-state index is 12.8. The zero-order chi connectivity index (χ0) is 32.3. The van der Waals surface area contributed by atoms with Gasteiger partial charge in [-0.1, -0.05) is 103 Å².